The zero-order valence-corrected chi connectivity index (χ0v) is 15.1. The van der Waals surface area contributed by atoms with Gasteiger partial charge in [-0.3, -0.25) is 9.78 Å². The molecule has 0 radical (unpaired) electrons. The largest absolute Gasteiger partial charge is 0.336 e. The van der Waals surface area contributed by atoms with Crippen molar-refractivity contribution in [3.8, 4) is 0 Å². The molecule has 2 heterocycles. The molecule has 1 fully saturated rings. The predicted molar refractivity (Wildman–Crippen MR) is 99.3 cm³/mol. The van der Waals surface area contributed by atoms with E-state index < -0.39 is 0 Å². The summed E-state index contributed by atoms with van der Waals surface area (Å²) in [5.41, 5.74) is 1.92. The van der Waals surface area contributed by atoms with Crippen LogP contribution in [0.2, 0.25) is 0 Å². The number of hydrogen-bond acceptors (Lipinski definition) is 3. The lowest BCUT2D eigenvalue weighted by molar-refractivity contribution is -0.132. The molecule has 1 N–H and O–H groups in total. The fourth-order valence-electron chi connectivity index (χ4n) is 3.10. The Labute approximate surface area is 153 Å². The summed E-state index contributed by atoms with van der Waals surface area (Å²) in [4.78, 5) is 32.5. The molecular weight excluding hydrogens is 328 g/mol. The molecule has 3 rings (SSSR count). The van der Waals surface area contributed by atoms with Crippen molar-refractivity contribution in [3.63, 3.8) is 0 Å². The highest BCUT2D eigenvalue weighted by Gasteiger charge is 2.29. The van der Waals surface area contributed by atoms with E-state index in [1.54, 1.807) is 23.0 Å². The summed E-state index contributed by atoms with van der Waals surface area (Å²) >= 11 is 0. The first-order valence-corrected chi connectivity index (χ1v) is 8.83. The number of aromatic nitrogens is 1. The Bertz CT molecular complexity index is 751. The van der Waals surface area contributed by atoms with Crippen LogP contribution >= 0.6 is 0 Å². The lowest BCUT2D eigenvalue weighted by atomic mass is 10.0. The van der Waals surface area contributed by atoms with Gasteiger partial charge >= 0.3 is 6.03 Å². The minimum absolute atomic E-state index is 0.000207. The van der Waals surface area contributed by atoms with Gasteiger partial charge in [-0.25, -0.2) is 4.79 Å². The van der Waals surface area contributed by atoms with Crippen LogP contribution in [0.4, 0.5) is 4.79 Å². The molecule has 136 valence electrons. The van der Waals surface area contributed by atoms with Gasteiger partial charge < -0.3 is 15.1 Å². The number of hydrogen-bond donors (Lipinski definition) is 1. The Balaban J connectivity index is 1.57. The van der Waals surface area contributed by atoms with Gasteiger partial charge in [-0.1, -0.05) is 36.4 Å². The fraction of sp³-hybridized carbons (Fsp3) is 0.350. The molecular formula is C20H24N4O2. The second kappa shape index (κ2) is 7.99. The summed E-state index contributed by atoms with van der Waals surface area (Å²) in [6, 6.07) is 15.2. The van der Waals surface area contributed by atoms with Crippen molar-refractivity contribution in [2.75, 3.05) is 20.1 Å². The summed E-state index contributed by atoms with van der Waals surface area (Å²) in [6.07, 6.45) is 2.49. The van der Waals surface area contributed by atoms with E-state index in [-0.39, 0.29) is 30.6 Å². The third-order valence-electron chi connectivity index (χ3n) is 4.89. The van der Waals surface area contributed by atoms with Gasteiger partial charge in [0, 0.05) is 19.8 Å². The highest BCUT2D eigenvalue weighted by atomic mass is 16.2. The fourth-order valence-corrected chi connectivity index (χ4v) is 3.10. The lowest BCUT2D eigenvalue weighted by Crippen LogP contribution is -2.51. The van der Waals surface area contributed by atoms with Crippen molar-refractivity contribution in [3.05, 3.63) is 66.0 Å². The van der Waals surface area contributed by atoms with E-state index in [1.807, 2.05) is 55.5 Å². The Morgan fingerprint density at radius 3 is 2.65 bits per heavy atom. The minimum Gasteiger partial charge on any atom is -0.336 e. The number of nitrogens with one attached hydrogen (secondary N) is 1. The van der Waals surface area contributed by atoms with Crippen molar-refractivity contribution in [2.45, 2.75) is 25.4 Å². The number of nitrogens with zero attached hydrogens (tertiary/aromatic N) is 3. The summed E-state index contributed by atoms with van der Waals surface area (Å²) in [6.45, 7) is 2.56. The molecule has 6 heteroatoms. The van der Waals surface area contributed by atoms with Gasteiger partial charge in [0.25, 0.3) is 0 Å². The quantitative estimate of drug-likeness (QED) is 0.900. The van der Waals surface area contributed by atoms with Crippen molar-refractivity contribution in [2.24, 2.45) is 0 Å². The van der Waals surface area contributed by atoms with Crippen LogP contribution < -0.4 is 5.32 Å². The highest BCUT2D eigenvalue weighted by molar-refractivity contribution is 5.84. The van der Waals surface area contributed by atoms with Gasteiger partial charge in [0.1, 0.15) is 6.54 Å². The number of carbonyl (C=O) groups is 2. The maximum Gasteiger partial charge on any atom is 0.318 e. The first-order chi connectivity index (χ1) is 12.6. The van der Waals surface area contributed by atoms with Crippen LogP contribution in [-0.4, -0.2) is 46.9 Å². The molecule has 0 saturated carbocycles. The third-order valence-corrected chi connectivity index (χ3v) is 4.89. The number of carbonyl (C=O) groups excluding carboxylic acids is 2. The average molecular weight is 352 g/mol. The molecule has 0 spiro atoms. The Kier molecular flexibility index (Phi) is 5.51. The molecule has 1 aromatic heterocycles. The molecule has 2 unspecified atom stereocenters. The summed E-state index contributed by atoms with van der Waals surface area (Å²) in [5, 5.41) is 2.99. The van der Waals surface area contributed by atoms with Gasteiger partial charge in [0.05, 0.1) is 17.8 Å². The van der Waals surface area contributed by atoms with E-state index in [0.29, 0.717) is 6.54 Å². The van der Waals surface area contributed by atoms with E-state index >= 15 is 0 Å². The van der Waals surface area contributed by atoms with Gasteiger partial charge in [-0.05, 0) is 31.0 Å². The number of rotatable bonds is 5. The number of amides is 3. The second-order valence-corrected chi connectivity index (χ2v) is 6.56. The molecule has 6 nitrogen and oxygen atoms in total. The standard InChI is InChI=1S/C20H24N4O2/c1-15(17-10-6-7-12-21-17)23(2)19(25)14-24-13-11-18(22-20(24)26)16-8-4-3-5-9-16/h3-10,12,15,18H,11,13-14H2,1-2H3,(H,22,26). The summed E-state index contributed by atoms with van der Waals surface area (Å²) in [5.74, 6) is -0.100. The van der Waals surface area contributed by atoms with E-state index in [1.165, 1.54) is 0 Å². The molecule has 3 amide bonds. The van der Waals surface area contributed by atoms with Gasteiger partial charge in [0.15, 0.2) is 0 Å². The Morgan fingerprint density at radius 2 is 2.00 bits per heavy atom. The van der Waals surface area contributed by atoms with Crippen LogP contribution in [0, 0.1) is 0 Å². The van der Waals surface area contributed by atoms with Crippen molar-refractivity contribution in [1.82, 2.24) is 20.1 Å². The first kappa shape index (κ1) is 17.9. The van der Waals surface area contributed by atoms with Crippen LogP contribution in [-0.2, 0) is 4.79 Å². The monoisotopic (exact) mass is 352 g/mol. The topological polar surface area (TPSA) is 65.5 Å². The SMILES string of the molecule is CC(c1ccccn1)N(C)C(=O)CN1CCC(c2ccccc2)NC1=O. The van der Waals surface area contributed by atoms with E-state index in [2.05, 4.69) is 10.3 Å². The summed E-state index contributed by atoms with van der Waals surface area (Å²) < 4.78 is 0. The van der Waals surface area contributed by atoms with Crippen LogP contribution in [0.15, 0.2) is 54.7 Å². The van der Waals surface area contributed by atoms with Crippen molar-refractivity contribution < 1.29 is 9.59 Å². The molecule has 2 atom stereocenters. The van der Waals surface area contributed by atoms with Crippen LogP contribution in [0.5, 0.6) is 0 Å². The molecule has 0 aliphatic carbocycles. The van der Waals surface area contributed by atoms with Gasteiger partial charge in [-0.2, -0.15) is 0 Å². The maximum absolute atomic E-state index is 12.6. The second-order valence-electron chi connectivity index (χ2n) is 6.56. The van der Waals surface area contributed by atoms with Crippen molar-refractivity contribution >= 4 is 11.9 Å². The van der Waals surface area contributed by atoms with Crippen LogP contribution in [0.1, 0.15) is 36.7 Å². The highest BCUT2D eigenvalue weighted by Crippen LogP contribution is 2.22. The number of urea groups is 1. The predicted octanol–water partition coefficient (Wildman–Crippen LogP) is 2.76. The molecule has 1 saturated heterocycles. The molecule has 1 aliphatic heterocycles. The van der Waals surface area contributed by atoms with Crippen LogP contribution in [0.25, 0.3) is 0 Å². The smallest absolute Gasteiger partial charge is 0.318 e. The van der Waals surface area contributed by atoms with Crippen LogP contribution in [0.3, 0.4) is 0 Å². The molecule has 0 bridgehead atoms. The molecule has 1 aromatic carbocycles. The van der Waals surface area contributed by atoms with E-state index in [0.717, 1.165) is 17.7 Å². The van der Waals surface area contributed by atoms with E-state index in [4.69, 9.17) is 0 Å². The minimum atomic E-state index is -0.197. The van der Waals surface area contributed by atoms with Gasteiger partial charge in [0.2, 0.25) is 5.91 Å². The molecule has 26 heavy (non-hydrogen) atoms. The Morgan fingerprint density at radius 1 is 1.27 bits per heavy atom. The Hall–Kier alpha value is -2.89. The summed E-state index contributed by atoms with van der Waals surface area (Å²) in [7, 11) is 1.75. The zero-order chi connectivity index (χ0) is 18.5. The molecule has 1 aliphatic rings. The molecule has 2 aromatic rings. The number of likely N-dealkylation sites (N-methyl/N-ethyl adjacent to an activating group) is 1. The third kappa shape index (κ3) is 4.02. The van der Waals surface area contributed by atoms with E-state index in [9.17, 15) is 9.59 Å². The first-order valence-electron chi connectivity index (χ1n) is 8.83. The normalized spacial score (nSPS) is 18.2. The van der Waals surface area contributed by atoms with Crippen molar-refractivity contribution in [1.29, 1.82) is 0 Å². The number of benzene rings is 1. The zero-order valence-electron chi connectivity index (χ0n) is 15.1. The maximum atomic E-state index is 12.6. The van der Waals surface area contributed by atoms with Gasteiger partial charge in [-0.15, -0.1) is 0 Å². The average Bonchev–Trinajstić information content (AvgIpc) is 2.69. The number of pyridine rings is 1. The lowest BCUT2D eigenvalue weighted by Gasteiger charge is -2.34.